The van der Waals surface area contributed by atoms with Crippen molar-refractivity contribution in [2.24, 2.45) is 11.8 Å². The van der Waals surface area contributed by atoms with Gasteiger partial charge in [-0.15, -0.1) is 0 Å². The molecule has 0 N–H and O–H groups in total. The van der Waals surface area contributed by atoms with Crippen molar-refractivity contribution >= 4 is 5.84 Å². The van der Waals surface area contributed by atoms with Gasteiger partial charge in [-0.25, -0.2) is 0 Å². The maximum Gasteiger partial charge on any atom is 0.274 e. The van der Waals surface area contributed by atoms with E-state index in [1.807, 2.05) is 0 Å². The molecular weight excluding hydrogens is 172 g/mol. The lowest BCUT2D eigenvalue weighted by Crippen LogP contribution is -2.32. The molecule has 2 bridgehead atoms. The largest absolute Gasteiger partial charge is 0.274 e. The summed E-state index contributed by atoms with van der Waals surface area (Å²) in [6.45, 7) is 0. The van der Waals surface area contributed by atoms with Crippen molar-refractivity contribution < 1.29 is 4.58 Å². The van der Waals surface area contributed by atoms with Gasteiger partial charge in [0.2, 0.25) is 0 Å². The first kappa shape index (κ1) is 9.50. The lowest BCUT2D eigenvalue weighted by Gasteiger charge is -2.16. The number of fused-ring (bicyclic) bond motifs is 2. The van der Waals surface area contributed by atoms with Gasteiger partial charge in [-0.2, -0.15) is 0 Å². The van der Waals surface area contributed by atoms with E-state index < -0.39 is 0 Å². The van der Waals surface area contributed by atoms with E-state index in [0.29, 0.717) is 11.8 Å². The number of likely N-dealkylation sites (N-methyl/N-ethyl adjacent to an activating group) is 1. The Morgan fingerprint density at radius 3 is 2.43 bits per heavy atom. The SMILES string of the molecule is CN(C)C(C1=CC2C=CC1C2)=[N+](C)C. The fraction of sp³-hybridized carbons (Fsp3) is 0.583. The van der Waals surface area contributed by atoms with E-state index in [2.05, 4.69) is 55.9 Å². The molecule has 2 nitrogen and oxygen atoms in total. The first-order valence-electron chi connectivity index (χ1n) is 5.21. The minimum atomic E-state index is 0.666. The van der Waals surface area contributed by atoms with Crippen LogP contribution in [0.25, 0.3) is 0 Å². The quantitative estimate of drug-likeness (QED) is 0.262. The van der Waals surface area contributed by atoms with Crippen LogP contribution in [0.2, 0.25) is 0 Å². The minimum absolute atomic E-state index is 0.666. The van der Waals surface area contributed by atoms with Crippen LogP contribution in [0.5, 0.6) is 0 Å². The maximum absolute atomic E-state index is 2.42. The summed E-state index contributed by atoms with van der Waals surface area (Å²) in [6.07, 6.45) is 8.39. The molecule has 2 atom stereocenters. The van der Waals surface area contributed by atoms with Crippen molar-refractivity contribution in [3.8, 4) is 0 Å². The maximum atomic E-state index is 2.42. The Kier molecular flexibility index (Phi) is 2.22. The Morgan fingerprint density at radius 1 is 1.36 bits per heavy atom. The summed E-state index contributed by atoms with van der Waals surface area (Å²) >= 11 is 0. The molecule has 0 fully saturated rings. The second kappa shape index (κ2) is 3.26. The topological polar surface area (TPSA) is 6.25 Å². The van der Waals surface area contributed by atoms with E-state index in [4.69, 9.17) is 0 Å². The van der Waals surface area contributed by atoms with Gasteiger partial charge in [-0.3, -0.25) is 9.48 Å². The van der Waals surface area contributed by atoms with Gasteiger partial charge in [0, 0.05) is 11.5 Å². The van der Waals surface area contributed by atoms with Crippen molar-refractivity contribution in [2.75, 3.05) is 28.2 Å². The zero-order valence-corrected chi connectivity index (χ0v) is 9.49. The van der Waals surface area contributed by atoms with Crippen LogP contribution in [0.15, 0.2) is 23.8 Å². The minimum Gasteiger partial charge on any atom is -0.267 e. The summed E-state index contributed by atoms with van der Waals surface area (Å²) in [6, 6.07) is 0. The standard InChI is InChI=1S/C12H19N2/c1-13(2)12(14(3)4)11-8-9-5-6-10(11)7-9/h5-6,8-10H,7H2,1-4H3/q+1. The van der Waals surface area contributed by atoms with E-state index in [1.165, 1.54) is 17.8 Å². The molecule has 0 amide bonds. The first-order chi connectivity index (χ1) is 6.59. The first-order valence-corrected chi connectivity index (χ1v) is 5.21. The fourth-order valence-electron chi connectivity index (χ4n) is 2.59. The summed E-state index contributed by atoms with van der Waals surface area (Å²) in [5, 5.41) is 0. The van der Waals surface area contributed by atoms with E-state index in [9.17, 15) is 0 Å². The Bertz CT molecular complexity index is 330. The van der Waals surface area contributed by atoms with Gasteiger partial charge in [0.15, 0.2) is 0 Å². The highest BCUT2D eigenvalue weighted by atomic mass is 15.2. The van der Waals surface area contributed by atoms with Crippen LogP contribution in [0.1, 0.15) is 6.42 Å². The number of hydrogen-bond donors (Lipinski definition) is 0. The average molecular weight is 191 g/mol. The van der Waals surface area contributed by atoms with Crippen LogP contribution in [0.4, 0.5) is 0 Å². The summed E-state index contributed by atoms with van der Waals surface area (Å²) in [5.74, 6) is 2.71. The lowest BCUT2D eigenvalue weighted by molar-refractivity contribution is -0.469. The molecule has 0 saturated heterocycles. The Balaban J connectivity index is 2.32. The molecule has 0 heterocycles. The molecule has 2 rings (SSSR count). The predicted molar refractivity (Wildman–Crippen MR) is 59.6 cm³/mol. The van der Waals surface area contributed by atoms with E-state index in [1.54, 1.807) is 0 Å². The van der Waals surface area contributed by atoms with Gasteiger partial charge in [0.25, 0.3) is 5.84 Å². The number of amidine groups is 1. The van der Waals surface area contributed by atoms with Gasteiger partial charge in [0.1, 0.15) is 0 Å². The summed E-state index contributed by atoms with van der Waals surface area (Å²) in [5.41, 5.74) is 1.51. The van der Waals surface area contributed by atoms with Crippen LogP contribution < -0.4 is 0 Å². The van der Waals surface area contributed by atoms with Crippen LogP contribution >= 0.6 is 0 Å². The van der Waals surface area contributed by atoms with Crippen molar-refractivity contribution in [2.45, 2.75) is 6.42 Å². The monoisotopic (exact) mass is 191 g/mol. The Hall–Kier alpha value is -1.05. The van der Waals surface area contributed by atoms with Crippen LogP contribution in [-0.4, -0.2) is 43.5 Å². The van der Waals surface area contributed by atoms with E-state index >= 15 is 0 Å². The lowest BCUT2D eigenvalue weighted by atomic mass is 10.0. The van der Waals surface area contributed by atoms with Crippen molar-refractivity contribution in [3.63, 3.8) is 0 Å². The summed E-state index contributed by atoms with van der Waals surface area (Å²) < 4.78 is 2.21. The Morgan fingerprint density at radius 2 is 2.07 bits per heavy atom. The van der Waals surface area contributed by atoms with Crippen LogP contribution in [0, 0.1) is 11.8 Å². The molecule has 76 valence electrons. The molecule has 2 aliphatic rings. The molecular formula is C12H19N2+. The molecule has 2 heteroatoms. The van der Waals surface area contributed by atoms with Gasteiger partial charge in [-0.1, -0.05) is 18.2 Å². The molecule has 0 aromatic carbocycles. The number of rotatable bonds is 1. The molecule has 0 saturated carbocycles. The molecule has 2 aliphatic carbocycles. The molecule has 2 unspecified atom stereocenters. The molecule has 0 aromatic heterocycles. The average Bonchev–Trinajstić information content (AvgIpc) is 2.63. The summed E-state index contributed by atoms with van der Waals surface area (Å²) in [4.78, 5) is 2.21. The van der Waals surface area contributed by atoms with Gasteiger partial charge in [0.05, 0.1) is 28.2 Å². The Labute approximate surface area is 86.2 Å². The van der Waals surface area contributed by atoms with Crippen molar-refractivity contribution in [3.05, 3.63) is 23.8 Å². The van der Waals surface area contributed by atoms with Crippen molar-refractivity contribution in [1.29, 1.82) is 0 Å². The number of allylic oxidation sites excluding steroid dienone is 3. The smallest absolute Gasteiger partial charge is 0.267 e. The molecule has 14 heavy (non-hydrogen) atoms. The normalized spacial score (nSPS) is 27.9. The van der Waals surface area contributed by atoms with Gasteiger partial charge >= 0.3 is 0 Å². The van der Waals surface area contributed by atoms with Gasteiger partial charge < -0.3 is 0 Å². The highest BCUT2D eigenvalue weighted by Crippen LogP contribution is 2.38. The third-order valence-electron chi connectivity index (χ3n) is 3.02. The van der Waals surface area contributed by atoms with E-state index in [0.717, 1.165) is 0 Å². The zero-order valence-electron chi connectivity index (χ0n) is 9.49. The molecule has 0 spiro atoms. The van der Waals surface area contributed by atoms with E-state index in [-0.39, 0.29) is 0 Å². The predicted octanol–water partition coefficient (Wildman–Crippen LogP) is 1.35. The molecule has 0 radical (unpaired) electrons. The van der Waals surface area contributed by atoms with Crippen LogP contribution in [0.3, 0.4) is 0 Å². The number of hydrogen-bond acceptors (Lipinski definition) is 0. The second-order valence-electron chi connectivity index (χ2n) is 4.63. The van der Waals surface area contributed by atoms with Gasteiger partial charge in [-0.05, 0) is 12.3 Å². The van der Waals surface area contributed by atoms with Crippen molar-refractivity contribution in [1.82, 2.24) is 4.90 Å². The third kappa shape index (κ3) is 1.39. The molecule has 0 aliphatic heterocycles. The second-order valence-corrected chi connectivity index (χ2v) is 4.63. The third-order valence-corrected chi connectivity index (χ3v) is 3.02. The summed E-state index contributed by atoms with van der Waals surface area (Å²) in [7, 11) is 8.47. The highest BCUT2D eigenvalue weighted by molar-refractivity contribution is 5.95. The number of nitrogens with zero attached hydrogens (tertiary/aromatic N) is 2. The fourth-order valence-corrected chi connectivity index (χ4v) is 2.59. The highest BCUT2D eigenvalue weighted by Gasteiger charge is 2.34. The van der Waals surface area contributed by atoms with Crippen LogP contribution in [-0.2, 0) is 0 Å². The zero-order chi connectivity index (χ0) is 10.3. The molecule has 0 aromatic rings.